The number of rotatable bonds is 1. The lowest BCUT2D eigenvalue weighted by Crippen LogP contribution is -1.99. The van der Waals surface area contributed by atoms with Crippen LogP contribution >= 0.6 is 11.6 Å². The van der Waals surface area contributed by atoms with Crippen molar-refractivity contribution in [3.8, 4) is 0 Å². The predicted molar refractivity (Wildman–Crippen MR) is 18.9 cm³/mol. The molecular formula is C2H5ClO2. The van der Waals surface area contributed by atoms with Gasteiger partial charge < -0.3 is 10.2 Å². The molecule has 32 valence electrons. The molecule has 0 heterocycles. The fourth-order valence-corrected chi connectivity index (χ4v) is 0. The molecule has 0 saturated carbocycles. The lowest BCUT2D eigenvalue weighted by atomic mass is 10.8. The maximum absolute atomic E-state index is 7.88. The summed E-state index contributed by atoms with van der Waals surface area (Å²) in [5.74, 6) is 0. The van der Waals surface area contributed by atoms with Crippen molar-refractivity contribution >= 4 is 11.6 Å². The molecule has 2 N–H and O–H groups in total. The van der Waals surface area contributed by atoms with E-state index in [2.05, 4.69) is 0 Å². The SMILES string of the molecule is OC[C@@H](O)Cl. The highest BCUT2D eigenvalue weighted by Gasteiger charge is 1.86. The Bertz CT molecular complexity index is 21.6. The van der Waals surface area contributed by atoms with Crippen LogP contribution in [0.3, 0.4) is 0 Å². The fourth-order valence-electron chi connectivity index (χ4n) is 0. The molecule has 0 rings (SSSR count). The van der Waals surface area contributed by atoms with Crippen molar-refractivity contribution in [2.75, 3.05) is 6.61 Å². The maximum Gasteiger partial charge on any atom is 0.150 e. The Morgan fingerprint density at radius 3 is 2.00 bits per heavy atom. The average molecular weight is 96.5 g/mol. The second-order valence-electron chi connectivity index (χ2n) is 0.617. The van der Waals surface area contributed by atoms with Crippen molar-refractivity contribution in [1.29, 1.82) is 0 Å². The van der Waals surface area contributed by atoms with Gasteiger partial charge in [0, 0.05) is 0 Å². The molecule has 0 radical (unpaired) electrons. The lowest BCUT2D eigenvalue weighted by molar-refractivity contribution is 0.155. The Kier molecular flexibility index (Phi) is 2.55. The molecule has 0 unspecified atom stereocenters. The Labute approximate surface area is 35.0 Å². The number of halogens is 1. The van der Waals surface area contributed by atoms with E-state index in [1.807, 2.05) is 0 Å². The summed E-state index contributed by atoms with van der Waals surface area (Å²) >= 11 is 4.77. The molecule has 2 nitrogen and oxygen atoms in total. The van der Waals surface area contributed by atoms with Gasteiger partial charge >= 0.3 is 0 Å². The summed E-state index contributed by atoms with van der Waals surface area (Å²) in [6.45, 7) is -0.373. The monoisotopic (exact) mass is 96.0 g/mol. The largest absolute Gasteiger partial charge is 0.392 e. The molecule has 1 atom stereocenters. The normalized spacial score (nSPS) is 15.0. The maximum atomic E-state index is 7.88. The third-order valence-corrected chi connectivity index (χ3v) is 0.289. The zero-order valence-electron chi connectivity index (χ0n) is 2.56. The molecule has 0 aliphatic heterocycles. The topological polar surface area (TPSA) is 40.5 Å². The number of alkyl halides is 1. The summed E-state index contributed by atoms with van der Waals surface area (Å²) in [4.78, 5) is 0. The number of hydrogen-bond acceptors (Lipinski definition) is 2. The van der Waals surface area contributed by atoms with Crippen molar-refractivity contribution in [3.05, 3.63) is 0 Å². The van der Waals surface area contributed by atoms with E-state index in [0.29, 0.717) is 0 Å². The average Bonchev–Trinajstić information content (AvgIpc) is 1.38. The molecule has 0 aliphatic rings. The van der Waals surface area contributed by atoms with E-state index in [1.54, 1.807) is 0 Å². The van der Waals surface area contributed by atoms with Crippen LogP contribution in [0, 0.1) is 0 Å². The predicted octanol–water partition coefficient (Wildman–Crippen LogP) is -0.464. The summed E-state index contributed by atoms with van der Waals surface area (Å²) in [6, 6.07) is 0. The lowest BCUT2D eigenvalue weighted by Gasteiger charge is -1.87. The van der Waals surface area contributed by atoms with Gasteiger partial charge in [-0.3, -0.25) is 0 Å². The first-order valence-corrected chi connectivity index (χ1v) is 1.64. The Hall–Kier alpha value is 0.210. The molecule has 0 aromatic heterocycles. The zero-order chi connectivity index (χ0) is 4.28. The highest BCUT2D eigenvalue weighted by atomic mass is 35.5. The van der Waals surface area contributed by atoms with Crippen molar-refractivity contribution in [1.82, 2.24) is 0 Å². The minimum absolute atomic E-state index is 0.373. The Morgan fingerprint density at radius 1 is 1.80 bits per heavy atom. The molecular weight excluding hydrogens is 91.5 g/mol. The van der Waals surface area contributed by atoms with Crippen molar-refractivity contribution in [2.24, 2.45) is 0 Å². The summed E-state index contributed by atoms with van der Waals surface area (Å²) in [6.07, 6.45) is 0. The van der Waals surface area contributed by atoms with Crippen LogP contribution in [0.1, 0.15) is 0 Å². The van der Waals surface area contributed by atoms with Crippen LogP contribution in [0.4, 0.5) is 0 Å². The van der Waals surface area contributed by atoms with Crippen molar-refractivity contribution in [3.63, 3.8) is 0 Å². The first kappa shape index (κ1) is 5.21. The molecule has 0 amide bonds. The first-order chi connectivity index (χ1) is 2.27. The van der Waals surface area contributed by atoms with Crippen LogP contribution in [-0.2, 0) is 0 Å². The molecule has 0 aromatic carbocycles. The second-order valence-corrected chi connectivity index (χ2v) is 1.12. The standard InChI is InChI=1S/C2H5ClO2/c3-2(5)1-4/h2,4-5H,1H2/t2-/m1/s1. The van der Waals surface area contributed by atoms with Gasteiger partial charge in [-0.05, 0) is 0 Å². The minimum Gasteiger partial charge on any atom is -0.392 e. The van der Waals surface area contributed by atoms with E-state index in [9.17, 15) is 0 Å². The van der Waals surface area contributed by atoms with Gasteiger partial charge in [0.1, 0.15) is 0 Å². The molecule has 5 heavy (non-hydrogen) atoms. The van der Waals surface area contributed by atoms with E-state index in [-0.39, 0.29) is 6.61 Å². The third kappa shape index (κ3) is 4.21. The summed E-state index contributed by atoms with van der Waals surface area (Å²) < 4.78 is 0. The van der Waals surface area contributed by atoms with Gasteiger partial charge in [0.25, 0.3) is 0 Å². The van der Waals surface area contributed by atoms with Gasteiger partial charge in [-0.25, -0.2) is 0 Å². The highest BCUT2D eigenvalue weighted by molar-refractivity contribution is 6.19. The fraction of sp³-hybridized carbons (Fsp3) is 1.00. The van der Waals surface area contributed by atoms with Crippen LogP contribution in [0.5, 0.6) is 0 Å². The van der Waals surface area contributed by atoms with E-state index in [0.717, 1.165) is 0 Å². The zero-order valence-corrected chi connectivity index (χ0v) is 3.31. The van der Waals surface area contributed by atoms with Gasteiger partial charge in [-0.1, -0.05) is 11.6 Å². The number of hydrogen-bond donors (Lipinski definition) is 2. The number of aliphatic hydroxyl groups is 2. The smallest absolute Gasteiger partial charge is 0.150 e. The molecule has 0 spiro atoms. The van der Waals surface area contributed by atoms with Gasteiger partial charge in [0.2, 0.25) is 0 Å². The van der Waals surface area contributed by atoms with E-state index in [4.69, 9.17) is 21.8 Å². The molecule has 3 heteroatoms. The van der Waals surface area contributed by atoms with Gasteiger partial charge in [0.15, 0.2) is 5.56 Å². The summed E-state index contributed by atoms with van der Waals surface area (Å²) in [7, 11) is 0. The van der Waals surface area contributed by atoms with Gasteiger partial charge in [-0.15, -0.1) is 0 Å². The van der Waals surface area contributed by atoms with Crippen molar-refractivity contribution in [2.45, 2.75) is 5.56 Å². The summed E-state index contributed by atoms with van der Waals surface area (Å²) in [5.41, 5.74) is -1.09. The Balaban J connectivity index is 2.54. The van der Waals surface area contributed by atoms with E-state index >= 15 is 0 Å². The van der Waals surface area contributed by atoms with Crippen LogP contribution < -0.4 is 0 Å². The molecule has 0 bridgehead atoms. The summed E-state index contributed by atoms with van der Waals surface area (Å²) in [5, 5.41) is 15.6. The van der Waals surface area contributed by atoms with Crippen molar-refractivity contribution < 1.29 is 10.2 Å². The van der Waals surface area contributed by atoms with Crippen LogP contribution in [0.15, 0.2) is 0 Å². The molecule has 0 saturated heterocycles. The van der Waals surface area contributed by atoms with E-state index in [1.165, 1.54) is 0 Å². The molecule has 0 fully saturated rings. The second kappa shape index (κ2) is 2.45. The van der Waals surface area contributed by atoms with Gasteiger partial charge in [0.05, 0.1) is 6.61 Å². The highest BCUT2D eigenvalue weighted by Crippen LogP contribution is 1.81. The van der Waals surface area contributed by atoms with E-state index < -0.39 is 5.56 Å². The minimum atomic E-state index is -1.09. The van der Waals surface area contributed by atoms with Crippen LogP contribution in [-0.4, -0.2) is 22.4 Å². The quantitative estimate of drug-likeness (QED) is 0.434. The molecule has 0 aromatic rings. The first-order valence-electron chi connectivity index (χ1n) is 1.20. The van der Waals surface area contributed by atoms with Gasteiger partial charge in [-0.2, -0.15) is 0 Å². The Morgan fingerprint density at radius 2 is 2.00 bits per heavy atom. The van der Waals surface area contributed by atoms with Crippen LogP contribution in [0.2, 0.25) is 0 Å². The molecule has 0 aliphatic carbocycles. The number of aliphatic hydroxyl groups excluding tert-OH is 2. The van der Waals surface area contributed by atoms with Crippen LogP contribution in [0.25, 0.3) is 0 Å². The third-order valence-electron chi connectivity index (χ3n) is 0.151.